The van der Waals surface area contributed by atoms with E-state index in [1.807, 2.05) is 0 Å². The molecule has 0 aromatic carbocycles. The van der Waals surface area contributed by atoms with Crippen LogP contribution in [0.3, 0.4) is 0 Å². The van der Waals surface area contributed by atoms with Crippen LogP contribution in [-0.2, 0) is 4.79 Å². The first kappa shape index (κ1) is 9.95. The minimum atomic E-state index is 0.311. The second-order valence-corrected chi connectivity index (χ2v) is 5.54. The molecule has 0 N–H and O–H groups in total. The van der Waals surface area contributed by atoms with Crippen LogP contribution in [0.1, 0.15) is 46.0 Å². The Morgan fingerprint density at radius 1 is 1.43 bits per heavy atom. The largest absolute Gasteiger partial charge is 0.303 e. The van der Waals surface area contributed by atoms with Gasteiger partial charge in [0.1, 0.15) is 6.29 Å². The smallest absolute Gasteiger partial charge is 0.123 e. The molecule has 78 valence electrons. The summed E-state index contributed by atoms with van der Waals surface area (Å²) in [6.45, 7) is 4.76. The molecule has 1 nitrogen and oxygen atoms in total. The summed E-state index contributed by atoms with van der Waals surface area (Å²) in [6.07, 6.45) is 9.44. The van der Waals surface area contributed by atoms with Crippen LogP contribution in [0.2, 0.25) is 0 Å². The molecular formula is C13H20O. The first-order valence-electron chi connectivity index (χ1n) is 5.78. The summed E-state index contributed by atoms with van der Waals surface area (Å²) < 4.78 is 0. The van der Waals surface area contributed by atoms with Gasteiger partial charge in [-0.25, -0.2) is 0 Å². The molecule has 2 aliphatic rings. The number of aldehydes is 1. The Labute approximate surface area is 86.6 Å². The van der Waals surface area contributed by atoms with E-state index in [1.54, 1.807) is 5.57 Å². The molecule has 0 aromatic heterocycles. The Balaban J connectivity index is 2.17. The van der Waals surface area contributed by atoms with Gasteiger partial charge in [0.05, 0.1) is 0 Å². The van der Waals surface area contributed by atoms with Crippen molar-refractivity contribution in [1.82, 2.24) is 0 Å². The van der Waals surface area contributed by atoms with Gasteiger partial charge in [0.25, 0.3) is 0 Å². The number of fused-ring (bicyclic) bond motifs is 1. The van der Waals surface area contributed by atoms with Crippen LogP contribution < -0.4 is 0 Å². The van der Waals surface area contributed by atoms with Crippen LogP contribution in [0.4, 0.5) is 0 Å². The van der Waals surface area contributed by atoms with E-state index in [4.69, 9.17) is 0 Å². The third-order valence-corrected chi connectivity index (χ3v) is 4.10. The first-order valence-corrected chi connectivity index (χ1v) is 5.78. The Bertz CT molecular complexity index is 262. The van der Waals surface area contributed by atoms with Gasteiger partial charge in [0.15, 0.2) is 0 Å². The van der Waals surface area contributed by atoms with Crippen molar-refractivity contribution in [3.05, 3.63) is 11.6 Å². The number of allylic oxidation sites excluding steroid dienone is 2. The van der Waals surface area contributed by atoms with Crippen molar-refractivity contribution >= 4 is 6.29 Å². The molecule has 0 saturated heterocycles. The Kier molecular flexibility index (Phi) is 2.50. The molecular weight excluding hydrogens is 172 g/mol. The van der Waals surface area contributed by atoms with Crippen LogP contribution in [0.15, 0.2) is 11.6 Å². The third kappa shape index (κ3) is 1.65. The average molecular weight is 192 g/mol. The number of hydrogen-bond acceptors (Lipinski definition) is 1. The number of carbonyl (C=O) groups excluding carboxylic acids is 1. The van der Waals surface area contributed by atoms with Gasteiger partial charge in [-0.3, -0.25) is 0 Å². The van der Waals surface area contributed by atoms with Gasteiger partial charge in [0, 0.05) is 5.92 Å². The van der Waals surface area contributed by atoms with Gasteiger partial charge in [-0.15, -0.1) is 0 Å². The van der Waals surface area contributed by atoms with Gasteiger partial charge in [-0.2, -0.15) is 0 Å². The lowest BCUT2D eigenvalue weighted by Crippen LogP contribution is -2.33. The zero-order valence-corrected chi connectivity index (χ0v) is 9.25. The molecule has 2 atom stereocenters. The molecule has 2 rings (SSSR count). The average Bonchev–Trinajstić information content (AvgIpc) is 2.16. The molecule has 0 radical (unpaired) electrons. The molecule has 1 saturated carbocycles. The van der Waals surface area contributed by atoms with Crippen molar-refractivity contribution < 1.29 is 4.79 Å². The van der Waals surface area contributed by atoms with Crippen LogP contribution >= 0.6 is 0 Å². The van der Waals surface area contributed by atoms with Crippen molar-refractivity contribution in [3.63, 3.8) is 0 Å². The van der Waals surface area contributed by atoms with Crippen LogP contribution in [0, 0.1) is 17.3 Å². The maximum Gasteiger partial charge on any atom is 0.123 e. The molecule has 0 heterocycles. The lowest BCUT2D eigenvalue weighted by atomic mass is 9.62. The number of hydrogen-bond donors (Lipinski definition) is 0. The first-order chi connectivity index (χ1) is 6.63. The molecule has 2 aliphatic carbocycles. The van der Waals surface area contributed by atoms with E-state index < -0.39 is 0 Å². The second-order valence-electron chi connectivity index (χ2n) is 5.54. The lowest BCUT2D eigenvalue weighted by Gasteiger charge is -2.43. The normalized spacial score (nSPS) is 35.7. The highest BCUT2D eigenvalue weighted by molar-refractivity contribution is 5.55. The van der Waals surface area contributed by atoms with Gasteiger partial charge in [0.2, 0.25) is 0 Å². The van der Waals surface area contributed by atoms with E-state index in [1.165, 1.54) is 19.3 Å². The van der Waals surface area contributed by atoms with Crippen LogP contribution in [0.5, 0.6) is 0 Å². The Morgan fingerprint density at radius 2 is 2.21 bits per heavy atom. The van der Waals surface area contributed by atoms with Crippen LogP contribution in [0.25, 0.3) is 0 Å². The molecule has 2 unspecified atom stereocenters. The quantitative estimate of drug-likeness (QED) is 0.460. The van der Waals surface area contributed by atoms with Gasteiger partial charge in [-0.1, -0.05) is 25.5 Å². The van der Waals surface area contributed by atoms with Crippen molar-refractivity contribution in [2.24, 2.45) is 17.3 Å². The topological polar surface area (TPSA) is 17.1 Å². The number of carbonyl (C=O) groups is 1. The molecule has 0 aromatic rings. The van der Waals surface area contributed by atoms with Crippen molar-refractivity contribution in [2.45, 2.75) is 46.0 Å². The highest BCUT2D eigenvalue weighted by Gasteiger charge is 2.37. The Hall–Kier alpha value is -0.590. The summed E-state index contributed by atoms with van der Waals surface area (Å²) in [4.78, 5) is 10.8. The molecule has 0 amide bonds. The van der Waals surface area contributed by atoms with Gasteiger partial charge in [-0.05, 0) is 43.4 Å². The summed E-state index contributed by atoms with van der Waals surface area (Å²) in [5.41, 5.74) is 2.04. The van der Waals surface area contributed by atoms with E-state index in [-0.39, 0.29) is 0 Å². The highest BCUT2D eigenvalue weighted by atomic mass is 16.1. The maximum absolute atomic E-state index is 10.8. The van der Waals surface area contributed by atoms with E-state index in [9.17, 15) is 4.79 Å². The summed E-state index contributed by atoms with van der Waals surface area (Å²) in [5.74, 6) is 1.07. The van der Waals surface area contributed by atoms with Crippen molar-refractivity contribution in [2.75, 3.05) is 0 Å². The summed E-state index contributed by atoms with van der Waals surface area (Å²) >= 11 is 0. The predicted octanol–water partition coefficient (Wildman–Crippen LogP) is 3.35. The van der Waals surface area contributed by atoms with E-state index >= 15 is 0 Å². The molecule has 1 fully saturated rings. The predicted molar refractivity (Wildman–Crippen MR) is 58.0 cm³/mol. The zero-order chi connectivity index (χ0) is 10.2. The SMILES string of the molecule is CC1(C)CCC=C2CC(C=O)CCC21. The molecule has 14 heavy (non-hydrogen) atoms. The van der Waals surface area contributed by atoms with Crippen LogP contribution in [-0.4, -0.2) is 6.29 Å². The second kappa shape index (κ2) is 3.52. The monoisotopic (exact) mass is 192 g/mol. The summed E-state index contributed by atoms with van der Waals surface area (Å²) in [5, 5.41) is 0. The molecule has 1 heteroatoms. The third-order valence-electron chi connectivity index (χ3n) is 4.10. The standard InChI is InChI=1S/C13H20O/c1-13(2)7-3-4-11-8-10(9-14)5-6-12(11)13/h4,9-10,12H,3,5-8H2,1-2H3. The zero-order valence-electron chi connectivity index (χ0n) is 9.25. The van der Waals surface area contributed by atoms with Crippen molar-refractivity contribution in [3.8, 4) is 0 Å². The molecule has 0 bridgehead atoms. The minimum Gasteiger partial charge on any atom is -0.303 e. The lowest BCUT2D eigenvalue weighted by molar-refractivity contribution is -0.111. The van der Waals surface area contributed by atoms with Crippen molar-refractivity contribution in [1.29, 1.82) is 0 Å². The summed E-state index contributed by atoms with van der Waals surface area (Å²) in [6, 6.07) is 0. The molecule has 0 aliphatic heterocycles. The van der Waals surface area contributed by atoms with Gasteiger partial charge >= 0.3 is 0 Å². The highest BCUT2D eigenvalue weighted by Crippen LogP contribution is 2.48. The van der Waals surface area contributed by atoms with Gasteiger partial charge < -0.3 is 4.79 Å². The van der Waals surface area contributed by atoms with E-state index in [0.29, 0.717) is 11.3 Å². The molecule has 0 spiro atoms. The number of rotatable bonds is 1. The van der Waals surface area contributed by atoms with E-state index in [2.05, 4.69) is 19.9 Å². The fourth-order valence-electron chi connectivity index (χ4n) is 3.15. The summed E-state index contributed by atoms with van der Waals surface area (Å²) in [7, 11) is 0. The Morgan fingerprint density at radius 3 is 2.93 bits per heavy atom. The fraction of sp³-hybridized carbons (Fsp3) is 0.769. The van der Waals surface area contributed by atoms with E-state index in [0.717, 1.165) is 25.0 Å². The minimum absolute atomic E-state index is 0.311. The fourth-order valence-corrected chi connectivity index (χ4v) is 3.15. The maximum atomic E-state index is 10.8.